The molecule has 0 bridgehead atoms. The number of methoxy groups -OCH3 is 1. The summed E-state index contributed by atoms with van der Waals surface area (Å²) in [5, 5.41) is 4.05. The van der Waals surface area contributed by atoms with Crippen molar-refractivity contribution in [2.24, 2.45) is 0 Å². The average Bonchev–Trinajstić information content (AvgIpc) is 2.83. The predicted molar refractivity (Wildman–Crippen MR) is 68.9 cm³/mol. The van der Waals surface area contributed by atoms with Gasteiger partial charge in [-0.3, -0.25) is 0 Å². The molecular weight excluding hydrogens is 272 g/mol. The number of rotatable bonds is 2. The van der Waals surface area contributed by atoms with Crippen LogP contribution in [0, 0.1) is 0 Å². The number of halogens is 1. The summed E-state index contributed by atoms with van der Waals surface area (Å²) < 4.78 is 21.6. The number of anilines is 1. The van der Waals surface area contributed by atoms with Gasteiger partial charge in [-0.2, -0.15) is 0 Å². The van der Waals surface area contributed by atoms with Crippen LogP contribution in [0.3, 0.4) is 0 Å². The fraction of sp³-hybridized carbons (Fsp3) is 0.250. The predicted octanol–water partition coefficient (Wildman–Crippen LogP) is 2.36. The molecule has 100 valence electrons. The molecule has 0 fully saturated rings. The molecule has 1 aromatic heterocycles. The normalized spacial score (nSPS) is 13.4. The highest BCUT2D eigenvalue weighted by atomic mass is 35.5. The van der Waals surface area contributed by atoms with Gasteiger partial charge in [-0.25, -0.2) is 0 Å². The van der Waals surface area contributed by atoms with Gasteiger partial charge < -0.3 is 24.5 Å². The molecule has 0 saturated heterocycles. The van der Waals surface area contributed by atoms with E-state index in [1.165, 1.54) is 7.11 Å². The van der Waals surface area contributed by atoms with Crippen LogP contribution in [0.15, 0.2) is 16.7 Å². The molecule has 0 aliphatic carbocycles. The SMILES string of the molecule is COc1c(Cl)cc2c(c1-c1cc(N)no1)OCCO2. The first-order chi connectivity index (χ1) is 9.20. The maximum absolute atomic E-state index is 6.17. The highest BCUT2D eigenvalue weighted by Crippen LogP contribution is 2.49. The van der Waals surface area contributed by atoms with Crippen molar-refractivity contribution >= 4 is 17.4 Å². The average molecular weight is 283 g/mol. The number of aromatic nitrogens is 1. The van der Waals surface area contributed by atoms with E-state index in [2.05, 4.69) is 5.16 Å². The van der Waals surface area contributed by atoms with Crippen LogP contribution in [-0.4, -0.2) is 25.5 Å². The van der Waals surface area contributed by atoms with Crippen LogP contribution in [0.5, 0.6) is 17.2 Å². The molecule has 7 heteroatoms. The third kappa shape index (κ3) is 1.94. The third-order valence-electron chi connectivity index (χ3n) is 2.72. The zero-order chi connectivity index (χ0) is 13.4. The first-order valence-electron chi connectivity index (χ1n) is 5.59. The van der Waals surface area contributed by atoms with Gasteiger partial charge in [-0.05, 0) is 0 Å². The van der Waals surface area contributed by atoms with Gasteiger partial charge in [0.2, 0.25) is 0 Å². The number of nitrogen functional groups attached to an aromatic ring is 1. The molecule has 0 radical (unpaired) electrons. The summed E-state index contributed by atoms with van der Waals surface area (Å²) in [5.74, 6) is 2.17. The fourth-order valence-electron chi connectivity index (χ4n) is 1.97. The van der Waals surface area contributed by atoms with Crippen molar-refractivity contribution in [3.05, 3.63) is 17.2 Å². The van der Waals surface area contributed by atoms with E-state index >= 15 is 0 Å². The van der Waals surface area contributed by atoms with Gasteiger partial charge in [0.1, 0.15) is 18.8 Å². The summed E-state index contributed by atoms with van der Waals surface area (Å²) in [6, 6.07) is 3.23. The number of ether oxygens (including phenoxy) is 3. The number of fused-ring (bicyclic) bond motifs is 1. The van der Waals surface area contributed by atoms with Gasteiger partial charge in [0, 0.05) is 12.1 Å². The minimum atomic E-state index is 0.266. The van der Waals surface area contributed by atoms with Crippen LogP contribution in [-0.2, 0) is 0 Å². The van der Waals surface area contributed by atoms with Crippen molar-refractivity contribution in [1.82, 2.24) is 5.16 Å². The summed E-state index contributed by atoms with van der Waals surface area (Å²) in [6.45, 7) is 0.905. The molecule has 2 aromatic rings. The number of benzene rings is 1. The summed E-state index contributed by atoms with van der Waals surface area (Å²) in [6.07, 6.45) is 0. The highest BCUT2D eigenvalue weighted by molar-refractivity contribution is 6.33. The van der Waals surface area contributed by atoms with Crippen LogP contribution >= 0.6 is 11.6 Å². The van der Waals surface area contributed by atoms with Crippen LogP contribution in [0.25, 0.3) is 11.3 Å². The standard InChI is InChI=1S/C12H11ClN2O4/c1-16-11-6(13)4-8-12(18-3-2-17-8)10(11)7-5-9(14)15-19-7/h4-5H,2-3H2,1H3,(H2,14,15). The zero-order valence-corrected chi connectivity index (χ0v) is 10.9. The van der Waals surface area contributed by atoms with Crippen molar-refractivity contribution in [3.63, 3.8) is 0 Å². The van der Waals surface area contributed by atoms with Crippen LogP contribution in [0.2, 0.25) is 5.02 Å². The number of nitrogens with zero attached hydrogens (tertiary/aromatic N) is 1. The minimum Gasteiger partial charge on any atom is -0.494 e. The second-order valence-electron chi connectivity index (χ2n) is 3.91. The second kappa shape index (κ2) is 4.55. The Morgan fingerprint density at radius 1 is 1.32 bits per heavy atom. The first-order valence-corrected chi connectivity index (χ1v) is 5.97. The van der Waals surface area contributed by atoms with Crippen molar-refractivity contribution in [3.8, 4) is 28.6 Å². The minimum absolute atomic E-state index is 0.266. The Labute approximate surface area is 114 Å². The van der Waals surface area contributed by atoms with Crippen molar-refractivity contribution in [2.75, 3.05) is 26.1 Å². The van der Waals surface area contributed by atoms with Gasteiger partial charge >= 0.3 is 0 Å². The third-order valence-corrected chi connectivity index (χ3v) is 3.00. The van der Waals surface area contributed by atoms with Gasteiger partial charge in [0.25, 0.3) is 0 Å². The first kappa shape index (κ1) is 12.0. The molecule has 0 saturated carbocycles. The summed E-state index contributed by atoms with van der Waals surface area (Å²) in [7, 11) is 1.51. The molecule has 1 aliphatic rings. The molecule has 0 spiro atoms. The van der Waals surface area contributed by atoms with Gasteiger partial charge in [0.05, 0.1) is 12.1 Å². The summed E-state index contributed by atoms with van der Waals surface area (Å²) in [4.78, 5) is 0. The highest BCUT2D eigenvalue weighted by Gasteiger charge is 2.26. The molecule has 0 atom stereocenters. The molecular formula is C12H11ClN2O4. The summed E-state index contributed by atoms with van der Waals surface area (Å²) >= 11 is 6.17. The Morgan fingerprint density at radius 3 is 2.79 bits per heavy atom. The Hall–Kier alpha value is -2.08. The van der Waals surface area contributed by atoms with E-state index in [-0.39, 0.29) is 5.82 Å². The molecule has 2 heterocycles. The second-order valence-corrected chi connectivity index (χ2v) is 4.31. The molecule has 6 nitrogen and oxygen atoms in total. The van der Waals surface area contributed by atoms with E-state index in [0.717, 1.165) is 0 Å². The molecule has 19 heavy (non-hydrogen) atoms. The van der Waals surface area contributed by atoms with Crippen molar-refractivity contribution < 1.29 is 18.7 Å². The van der Waals surface area contributed by atoms with Gasteiger partial charge in [-0.15, -0.1) is 0 Å². The lowest BCUT2D eigenvalue weighted by Crippen LogP contribution is -2.16. The van der Waals surface area contributed by atoms with Crippen LogP contribution in [0.4, 0.5) is 5.82 Å². The van der Waals surface area contributed by atoms with Gasteiger partial charge in [0.15, 0.2) is 28.8 Å². The lowest BCUT2D eigenvalue weighted by atomic mass is 10.1. The lowest BCUT2D eigenvalue weighted by molar-refractivity contribution is 0.171. The number of nitrogens with two attached hydrogens (primary N) is 1. The summed E-state index contributed by atoms with van der Waals surface area (Å²) in [5.41, 5.74) is 6.12. The molecule has 0 unspecified atom stereocenters. The molecule has 3 rings (SSSR count). The largest absolute Gasteiger partial charge is 0.494 e. The topological polar surface area (TPSA) is 79.7 Å². The van der Waals surface area contributed by atoms with E-state index in [0.29, 0.717) is 46.8 Å². The monoisotopic (exact) mass is 282 g/mol. The Balaban J connectivity index is 2.27. The maximum atomic E-state index is 6.17. The Bertz CT molecular complexity index is 626. The smallest absolute Gasteiger partial charge is 0.176 e. The number of hydrogen-bond acceptors (Lipinski definition) is 6. The van der Waals surface area contributed by atoms with E-state index in [1.807, 2.05) is 0 Å². The lowest BCUT2D eigenvalue weighted by Gasteiger charge is -2.22. The van der Waals surface area contributed by atoms with E-state index in [9.17, 15) is 0 Å². The fourth-order valence-corrected chi connectivity index (χ4v) is 2.24. The number of hydrogen-bond donors (Lipinski definition) is 1. The molecule has 2 N–H and O–H groups in total. The zero-order valence-electron chi connectivity index (χ0n) is 10.1. The Kier molecular flexibility index (Phi) is 2.87. The Morgan fingerprint density at radius 2 is 2.11 bits per heavy atom. The molecule has 0 amide bonds. The van der Waals surface area contributed by atoms with Crippen LogP contribution in [0.1, 0.15) is 0 Å². The molecule has 1 aromatic carbocycles. The van der Waals surface area contributed by atoms with E-state index in [4.69, 9.17) is 36.1 Å². The van der Waals surface area contributed by atoms with E-state index < -0.39 is 0 Å². The van der Waals surface area contributed by atoms with E-state index in [1.54, 1.807) is 12.1 Å². The van der Waals surface area contributed by atoms with Crippen molar-refractivity contribution in [2.45, 2.75) is 0 Å². The molecule has 1 aliphatic heterocycles. The van der Waals surface area contributed by atoms with Crippen molar-refractivity contribution in [1.29, 1.82) is 0 Å². The van der Waals surface area contributed by atoms with Crippen LogP contribution < -0.4 is 19.9 Å². The maximum Gasteiger partial charge on any atom is 0.176 e. The van der Waals surface area contributed by atoms with Gasteiger partial charge in [-0.1, -0.05) is 16.8 Å². The quantitative estimate of drug-likeness (QED) is 0.911.